The summed E-state index contributed by atoms with van der Waals surface area (Å²) < 4.78 is 82.6. The number of pyridine rings is 2. The molecule has 1 aromatic carbocycles. The van der Waals surface area contributed by atoms with Crippen molar-refractivity contribution in [3.63, 3.8) is 0 Å². The number of rotatable bonds is 5. The van der Waals surface area contributed by atoms with Crippen LogP contribution in [0.4, 0.5) is 26.3 Å². The standard InChI is InChI=1S/C19H11F6N3O3/c20-11-2-1-5-26-16(11)15(28-17(29)10-7-13(22)18(30)27-8-10)9-3-4-14(12(21)6-9)31-19(23,24)25/h1-8,15H,(H,27,30)(H,28,29). The number of alkyl halides is 3. The van der Waals surface area contributed by atoms with E-state index < -0.39 is 47.1 Å². The Hall–Kier alpha value is -3.83. The molecule has 0 bridgehead atoms. The second kappa shape index (κ2) is 8.50. The molecule has 3 rings (SSSR count). The Bertz CT molecular complexity index is 1180. The largest absolute Gasteiger partial charge is 0.573 e. The third kappa shape index (κ3) is 5.21. The number of ether oxygens (including phenoxy) is 1. The van der Waals surface area contributed by atoms with E-state index in [0.717, 1.165) is 18.3 Å². The Labute approximate surface area is 169 Å². The minimum absolute atomic E-state index is 0.178. The van der Waals surface area contributed by atoms with Gasteiger partial charge in [-0.2, -0.15) is 0 Å². The van der Waals surface area contributed by atoms with Gasteiger partial charge in [-0.1, -0.05) is 6.07 Å². The minimum Gasteiger partial charge on any atom is -0.403 e. The maximum Gasteiger partial charge on any atom is 0.573 e. The van der Waals surface area contributed by atoms with Crippen LogP contribution >= 0.6 is 0 Å². The van der Waals surface area contributed by atoms with Gasteiger partial charge in [0.15, 0.2) is 17.4 Å². The van der Waals surface area contributed by atoms with Crippen molar-refractivity contribution in [1.29, 1.82) is 0 Å². The molecule has 31 heavy (non-hydrogen) atoms. The van der Waals surface area contributed by atoms with Crippen LogP contribution < -0.4 is 15.6 Å². The molecule has 0 aliphatic rings. The third-order valence-electron chi connectivity index (χ3n) is 3.97. The van der Waals surface area contributed by atoms with Crippen LogP contribution in [0.3, 0.4) is 0 Å². The normalized spacial score (nSPS) is 12.3. The molecule has 0 saturated heterocycles. The van der Waals surface area contributed by atoms with Crippen LogP contribution in [0.2, 0.25) is 0 Å². The molecule has 1 atom stereocenters. The molecule has 12 heteroatoms. The van der Waals surface area contributed by atoms with E-state index in [1.165, 1.54) is 12.3 Å². The van der Waals surface area contributed by atoms with E-state index in [9.17, 15) is 35.9 Å². The quantitative estimate of drug-likeness (QED) is 0.591. The van der Waals surface area contributed by atoms with Gasteiger partial charge in [0.05, 0.1) is 11.6 Å². The summed E-state index contributed by atoms with van der Waals surface area (Å²) in [7, 11) is 0. The van der Waals surface area contributed by atoms with Crippen molar-refractivity contribution < 1.29 is 35.9 Å². The molecule has 1 amide bonds. The molecule has 162 valence electrons. The highest BCUT2D eigenvalue weighted by molar-refractivity contribution is 5.94. The highest BCUT2D eigenvalue weighted by Crippen LogP contribution is 2.30. The minimum atomic E-state index is -5.14. The first-order chi connectivity index (χ1) is 14.5. The monoisotopic (exact) mass is 443 g/mol. The van der Waals surface area contributed by atoms with Crippen LogP contribution in [0.15, 0.2) is 53.6 Å². The highest BCUT2D eigenvalue weighted by atomic mass is 19.4. The van der Waals surface area contributed by atoms with E-state index in [2.05, 4.69) is 15.0 Å². The molecular formula is C19H11F6N3O3. The van der Waals surface area contributed by atoms with E-state index in [0.29, 0.717) is 18.2 Å². The molecule has 0 fully saturated rings. The zero-order chi connectivity index (χ0) is 22.8. The number of nitrogens with one attached hydrogen (secondary N) is 2. The number of nitrogens with zero attached hydrogens (tertiary/aromatic N) is 1. The third-order valence-corrected chi connectivity index (χ3v) is 3.97. The van der Waals surface area contributed by atoms with E-state index in [4.69, 9.17) is 0 Å². The predicted molar refractivity (Wildman–Crippen MR) is 93.6 cm³/mol. The maximum atomic E-state index is 14.3. The van der Waals surface area contributed by atoms with E-state index >= 15 is 0 Å². The van der Waals surface area contributed by atoms with Crippen molar-refractivity contribution in [3.05, 3.63) is 93.4 Å². The van der Waals surface area contributed by atoms with E-state index in [1.807, 2.05) is 4.98 Å². The Morgan fingerprint density at radius 1 is 1.06 bits per heavy atom. The summed E-state index contributed by atoms with van der Waals surface area (Å²) in [5.74, 6) is -5.73. The van der Waals surface area contributed by atoms with Gasteiger partial charge in [0.1, 0.15) is 11.5 Å². The molecule has 2 aromatic heterocycles. The first kappa shape index (κ1) is 21.9. The average molecular weight is 443 g/mol. The van der Waals surface area contributed by atoms with Gasteiger partial charge < -0.3 is 15.0 Å². The fourth-order valence-electron chi connectivity index (χ4n) is 2.63. The number of carbonyl (C=O) groups is 1. The van der Waals surface area contributed by atoms with Crippen molar-refractivity contribution in [2.45, 2.75) is 12.4 Å². The molecule has 2 N–H and O–H groups in total. The summed E-state index contributed by atoms with van der Waals surface area (Å²) >= 11 is 0. The number of benzene rings is 1. The molecule has 0 radical (unpaired) electrons. The summed E-state index contributed by atoms with van der Waals surface area (Å²) in [5, 5.41) is 2.29. The lowest BCUT2D eigenvalue weighted by molar-refractivity contribution is -0.275. The molecule has 0 aliphatic heterocycles. The van der Waals surface area contributed by atoms with Crippen LogP contribution in [-0.2, 0) is 0 Å². The zero-order valence-electron chi connectivity index (χ0n) is 15.1. The summed E-state index contributed by atoms with van der Waals surface area (Å²) in [6.45, 7) is 0. The average Bonchev–Trinajstić information content (AvgIpc) is 2.69. The van der Waals surface area contributed by atoms with Crippen molar-refractivity contribution in [2.75, 3.05) is 0 Å². The first-order valence-corrected chi connectivity index (χ1v) is 8.40. The number of hydrogen-bond acceptors (Lipinski definition) is 4. The van der Waals surface area contributed by atoms with E-state index in [1.54, 1.807) is 0 Å². The molecule has 3 aromatic rings. The zero-order valence-corrected chi connectivity index (χ0v) is 15.1. The van der Waals surface area contributed by atoms with Gasteiger partial charge in [0.25, 0.3) is 11.5 Å². The number of H-pyrrole nitrogens is 1. The highest BCUT2D eigenvalue weighted by Gasteiger charge is 2.33. The Balaban J connectivity index is 2.00. The fraction of sp³-hybridized carbons (Fsp3) is 0.105. The van der Waals surface area contributed by atoms with Crippen LogP contribution in [0.1, 0.15) is 27.7 Å². The number of hydrogen-bond donors (Lipinski definition) is 2. The SMILES string of the molecule is O=C(NC(c1ccc(OC(F)(F)F)c(F)c1)c1ncccc1F)c1c[nH]c(=O)c(F)c1. The van der Waals surface area contributed by atoms with Crippen molar-refractivity contribution in [3.8, 4) is 5.75 Å². The Morgan fingerprint density at radius 3 is 2.42 bits per heavy atom. The topological polar surface area (TPSA) is 84.1 Å². The Kier molecular flexibility index (Phi) is 5.99. The van der Waals surface area contributed by atoms with Crippen LogP contribution in [-0.4, -0.2) is 22.2 Å². The molecule has 0 saturated carbocycles. The van der Waals surface area contributed by atoms with Crippen molar-refractivity contribution in [1.82, 2.24) is 15.3 Å². The fourth-order valence-corrected chi connectivity index (χ4v) is 2.63. The lowest BCUT2D eigenvalue weighted by Gasteiger charge is -2.20. The predicted octanol–water partition coefficient (Wildman–Crippen LogP) is 3.61. The summed E-state index contributed by atoms with van der Waals surface area (Å²) in [6.07, 6.45) is -3.07. The summed E-state index contributed by atoms with van der Waals surface area (Å²) in [5.41, 5.74) is -1.99. The number of amides is 1. The molecular weight excluding hydrogens is 432 g/mol. The molecule has 6 nitrogen and oxygen atoms in total. The van der Waals surface area contributed by atoms with Gasteiger partial charge >= 0.3 is 6.36 Å². The van der Waals surface area contributed by atoms with Gasteiger partial charge in [-0.15, -0.1) is 13.2 Å². The smallest absolute Gasteiger partial charge is 0.403 e. The lowest BCUT2D eigenvalue weighted by Crippen LogP contribution is -2.31. The van der Waals surface area contributed by atoms with Crippen molar-refractivity contribution >= 4 is 5.91 Å². The molecule has 0 spiro atoms. The van der Waals surface area contributed by atoms with Crippen LogP contribution in [0, 0.1) is 17.5 Å². The second-order valence-corrected chi connectivity index (χ2v) is 6.08. The molecule has 2 heterocycles. The maximum absolute atomic E-state index is 14.3. The second-order valence-electron chi connectivity index (χ2n) is 6.08. The van der Waals surface area contributed by atoms with Crippen molar-refractivity contribution in [2.24, 2.45) is 0 Å². The van der Waals surface area contributed by atoms with Crippen LogP contribution in [0.5, 0.6) is 5.75 Å². The van der Waals surface area contributed by atoms with Gasteiger partial charge in [0, 0.05) is 12.4 Å². The number of aromatic nitrogens is 2. The number of carbonyl (C=O) groups excluding carboxylic acids is 1. The summed E-state index contributed by atoms with van der Waals surface area (Å²) in [6, 6.07) is 3.62. The number of aromatic amines is 1. The summed E-state index contributed by atoms with van der Waals surface area (Å²) in [4.78, 5) is 29.4. The van der Waals surface area contributed by atoms with Gasteiger partial charge in [-0.25, -0.2) is 13.2 Å². The van der Waals surface area contributed by atoms with Gasteiger partial charge in [0.2, 0.25) is 0 Å². The molecule has 0 aliphatic carbocycles. The molecule has 1 unspecified atom stereocenters. The van der Waals surface area contributed by atoms with Crippen LogP contribution in [0.25, 0.3) is 0 Å². The van der Waals surface area contributed by atoms with Gasteiger partial charge in [-0.3, -0.25) is 14.6 Å². The Morgan fingerprint density at radius 2 is 1.81 bits per heavy atom. The number of halogens is 6. The van der Waals surface area contributed by atoms with Gasteiger partial charge in [-0.05, 0) is 35.9 Å². The first-order valence-electron chi connectivity index (χ1n) is 8.40. The lowest BCUT2D eigenvalue weighted by atomic mass is 10.0. The van der Waals surface area contributed by atoms with E-state index in [-0.39, 0.29) is 16.8 Å².